The average molecular weight is 426 g/mol. The summed E-state index contributed by atoms with van der Waals surface area (Å²) in [5.74, 6) is 0.778. The van der Waals surface area contributed by atoms with Gasteiger partial charge in [-0.25, -0.2) is 5.43 Å². The first-order valence-electron chi connectivity index (χ1n) is 10.6. The molecule has 0 atom stereocenters. The van der Waals surface area contributed by atoms with Crippen LogP contribution in [0.15, 0.2) is 47.6 Å². The summed E-state index contributed by atoms with van der Waals surface area (Å²) in [6.45, 7) is 7.15. The molecule has 0 heterocycles. The fraction of sp³-hybridized carbons (Fsp3) is 0.375. The third kappa shape index (κ3) is 8.90. The van der Waals surface area contributed by atoms with Crippen molar-refractivity contribution in [2.24, 2.45) is 5.10 Å². The van der Waals surface area contributed by atoms with Crippen LogP contribution in [0.3, 0.4) is 0 Å². The van der Waals surface area contributed by atoms with Crippen LogP contribution in [0.5, 0.6) is 11.5 Å². The van der Waals surface area contributed by atoms with Gasteiger partial charge in [0.1, 0.15) is 0 Å². The van der Waals surface area contributed by atoms with Gasteiger partial charge in [-0.3, -0.25) is 9.59 Å². The molecule has 0 fully saturated rings. The minimum atomic E-state index is -0.333. The molecule has 2 N–H and O–H groups in total. The fourth-order valence-electron chi connectivity index (χ4n) is 2.64. The van der Waals surface area contributed by atoms with Gasteiger partial charge in [-0.1, -0.05) is 31.0 Å². The third-order valence-corrected chi connectivity index (χ3v) is 4.34. The minimum Gasteiger partial charge on any atom is -0.490 e. The van der Waals surface area contributed by atoms with Gasteiger partial charge in [0.15, 0.2) is 11.5 Å². The smallest absolute Gasteiger partial charge is 0.240 e. The second-order valence-electron chi connectivity index (χ2n) is 7.05. The number of amides is 2. The Labute approximate surface area is 183 Å². The van der Waals surface area contributed by atoms with E-state index in [9.17, 15) is 9.59 Å². The van der Waals surface area contributed by atoms with Gasteiger partial charge in [-0.15, -0.1) is 0 Å². The lowest BCUT2D eigenvalue weighted by molar-refractivity contribution is -0.124. The molecule has 0 saturated carbocycles. The van der Waals surface area contributed by atoms with Crippen LogP contribution in [0.4, 0.5) is 5.69 Å². The van der Waals surface area contributed by atoms with Crippen molar-refractivity contribution in [3.63, 3.8) is 0 Å². The number of rotatable bonds is 12. The quantitative estimate of drug-likeness (QED) is 0.299. The molecule has 2 rings (SSSR count). The van der Waals surface area contributed by atoms with Gasteiger partial charge in [0.2, 0.25) is 11.8 Å². The van der Waals surface area contributed by atoms with Crippen molar-refractivity contribution in [3.05, 3.63) is 53.6 Å². The molecule has 2 aromatic rings. The molecule has 0 aliphatic rings. The first kappa shape index (κ1) is 23.9. The maximum Gasteiger partial charge on any atom is 0.240 e. The molecule has 2 aromatic carbocycles. The molecular weight excluding hydrogens is 394 g/mol. The molecule has 0 bridgehead atoms. The zero-order valence-corrected chi connectivity index (χ0v) is 18.4. The van der Waals surface area contributed by atoms with E-state index in [1.165, 1.54) is 6.21 Å². The highest BCUT2D eigenvalue weighted by Crippen LogP contribution is 2.28. The average Bonchev–Trinajstić information content (AvgIpc) is 2.76. The van der Waals surface area contributed by atoms with Gasteiger partial charge < -0.3 is 14.8 Å². The lowest BCUT2D eigenvalue weighted by Gasteiger charge is -2.12. The predicted octanol–water partition coefficient (Wildman–Crippen LogP) is 4.44. The van der Waals surface area contributed by atoms with E-state index in [1.807, 2.05) is 56.3 Å². The summed E-state index contributed by atoms with van der Waals surface area (Å²) in [7, 11) is 0. The second kappa shape index (κ2) is 13.1. The zero-order chi connectivity index (χ0) is 22.5. The number of hydrazone groups is 1. The largest absolute Gasteiger partial charge is 0.490 e. The van der Waals surface area contributed by atoms with Crippen LogP contribution in [0, 0.1) is 6.92 Å². The second-order valence-corrected chi connectivity index (χ2v) is 7.05. The molecule has 7 heteroatoms. The molecule has 2 amide bonds. The first-order valence-corrected chi connectivity index (χ1v) is 10.6. The number of hydrogen-bond donors (Lipinski definition) is 2. The Morgan fingerprint density at radius 3 is 2.42 bits per heavy atom. The molecular formula is C24H31N3O4. The molecule has 166 valence electrons. The number of aryl methyl sites for hydroxylation is 1. The number of benzene rings is 2. The number of ether oxygens (including phenoxy) is 2. The Balaban J connectivity index is 1.80. The number of anilines is 1. The number of unbranched alkanes of at least 4 members (excludes halogenated alkanes) is 1. The van der Waals surface area contributed by atoms with E-state index in [2.05, 4.69) is 22.8 Å². The van der Waals surface area contributed by atoms with E-state index in [-0.39, 0.29) is 24.7 Å². The van der Waals surface area contributed by atoms with Crippen molar-refractivity contribution >= 4 is 23.7 Å². The molecule has 0 aliphatic heterocycles. The Bertz CT molecular complexity index is 879. The van der Waals surface area contributed by atoms with E-state index in [0.717, 1.165) is 24.0 Å². The molecule has 0 saturated heterocycles. The highest BCUT2D eigenvalue weighted by Gasteiger charge is 2.08. The van der Waals surface area contributed by atoms with Crippen molar-refractivity contribution in [1.82, 2.24) is 5.43 Å². The van der Waals surface area contributed by atoms with Crippen molar-refractivity contribution in [2.75, 3.05) is 18.5 Å². The summed E-state index contributed by atoms with van der Waals surface area (Å²) in [4.78, 5) is 23.9. The Hall–Kier alpha value is -3.35. The minimum absolute atomic E-state index is 0.0451. The van der Waals surface area contributed by atoms with E-state index in [0.29, 0.717) is 30.4 Å². The van der Waals surface area contributed by atoms with Gasteiger partial charge in [0, 0.05) is 18.5 Å². The van der Waals surface area contributed by atoms with Crippen LogP contribution < -0.4 is 20.2 Å². The van der Waals surface area contributed by atoms with E-state index in [1.54, 1.807) is 0 Å². The lowest BCUT2D eigenvalue weighted by atomic mass is 10.2. The molecule has 0 spiro atoms. The number of carbonyl (C=O) groups is 2. The molecule has 0 aromatic heterocycles. The molecule has 7 nitrogen and oxygen atoms in total. The van der Waals surface area contributed by atoms with Crippen molar-refractivity contribution in [2.45, 2.75) is 46.5 Å². The van der Waals surface area contributed by atoms with Crippen LogP contribution in [0.1, 0.15) is 50.7 Å². The SMILES string of the molecule is CCCCOc1ccc(C=NNC(=O)CCC(=O)Nc2ccc(C)cc2)cc1OCC. The Kier molecular flexibility index (Phi) is 10.1. The summed E-state index contributed by atoms with van der Waals surface area (Å²) < 4.78 is 11.4. The van der Waals surface area contributed by atoms with Crippen molar-refractivity contribution in [3.8, 4) is 11.5 Å². The first-order chi connectivity index (χ1) is 15.0. The monoisotopic (exact) mass is 425 g/mol. The van der Waals surface area contributed by atoms with Gasteiger partial charge in [-0.2, -0.15) is 5.10 Å². The molecule has 0 aliphatic carbocycles. The van der Waals surface area contributed by atoms with E-state index in [4.69, 9.17) is 9.47 Å². The normalized spacial score (nSPS) is 10.7. The van der Waals surface area contributed by atoms with Crippen molar-refractivity contribution < 1.29 is 19.1 Å². The van der Waals surface area contributed by atoms with Crippen LogP contribution >= 0.6 is 0 Å². The highest BCUT2D eigenvalue weighted by molar-refractivity contribution is 5.93. The fourth-order valence-corrected chi connectivity index (χ4v) is 2.64. The van der Waals surface area contributed by atoms with E-state index < -0.39 is 0 Å². The number of carbonyl (C=O) groups excluding carboxylic acids is 2. The van der Waals surface area contributed by atoms with E-state index >= 15 is 0 Å². The van der Waals surface area contributed by atoms with Crippen LogP contribution in [-0.4, -0.2) is 31.2 Å². The summed E-state index contributed by atoms with van der Waals surface area (Å²) >= 11 is 0. The van der Waals surface area contributed by atoms with Crippen LogP contribution in [0.2, 0.25) is 0 Å². The maximum absolute atomic E-state index is 12.0. The van der Waals surface area contributed by atoms with Crippen molar-refractivity contribution in [1.29, 1.82) is 0 Å². The Morgan fingerprint density at radius 1 is 0.968 bits per heavy atom. The maximum atomic E-state index is 12.0. The molecule has 31 heavy (non-hydrogen) atoms. The molecule has 0 radical (unpaired) electrons. The van der Waals surface area contributed by atoms with Gasteiger partial charge in [-0.05, 0) is 56.2 Å². The lowest BCUT2D eigenvalue weighted by Crippen LogP contribution is -2.20. The summed E-state index contributed by atoms with van der Waals surface area (Å²) in [6.07, 6.45) is 3.69. The summed E-state index contributed by atoms with van der Waals surface area (Å²) in [5.41, 5.74) is 5.03. The topological polar surface area (TPSA) is 89.0 Å². The number of hydrogen-bond acceptors (Lipinski definition) is 5. The van der Waals surface area contributed by atoms with Gasteiger partial charge in [0.05, 0.1) is 19.4 Å². The zero-order valence-electron chi connectivity index (χ0n) is 18.4. The van der Waals surface area contributed by atoms with Crippen LogP contribution in [0.25, 0.3) is 0 Å². The standard InChI is InChI=1S/C24H31N3O4/c1-4-6-15-31-21-12-9-19(16-22(21)30-5-2)17-25-27-24(29)14-13-23(28)26-20-10-7-18(3)8-11-20/h7-12,16-17H,4-6,13-15H2,1-3H3,(H,26,28)(H,27,29). The molecule has 0 unspecified atom stereocenters. The summed E-state index contributed by atoms with van der Waals surface area (Å²) in [5, 5.41) is 6.73. The Morgan fingerprint density at radius 2 is 1.71 bits per heavy atom. The summed E-state index contributed by atoms with van der Waals surface area (Å²) in [6, 6.07) is 13.0. The van der Waals surface area contributed by atoms with Gasteiger partial charge in [0.25, 0.3) is 0 Å². The predicted molar refractivity (Wildman–Crippen MR) is 123 cm³/mol. The number of nitrogens with one attached hydrogen (secondary N) is 2. The highest BCUT2D eigenvalue weighted by atomic mass is 16.5. The third-order valence-electron chi connectivity index (χ3n) is 4.34. The van der Waals surface area contributed by atoms with Gasteiger partial charge >= 0.3 is 0 Å². The van der Waals surface area contributed by atoms with Crippen LogP contribution in [-0.2, 0) is 9.59 Å². The number of nitrogens with zero attached hydrogens (tertiary/aromatic N) is 1.